The molecular weight excluding hydrogens is 252 g/mol. The maximum absolute atomic E-state index is 12.5. The summed E-state index contributed by atoms with van der Waals surface area (Å²) in [5, 5.41) is 8.10. The topological polar surface area (TPSA) is 51.0 Å². The van der Waals surface area contributed by atoms with Crippen LogP contribution in [0.1, 0.15) is 44.3 Å². The molecule has 1 aliphatic heterocycles. The second kappa shape index (κ2) is 5.94. The first-order valence-electron chi connectivity index (χ1n) is 7.85. The average Bonchev–Trinajstić information content (AvgIpc) is 3.11. The van der Waals surface area contributed by atoms with E-state index in [1.807, 2.05) is 11.6 Å². The quantitative estimate of drug-likeness (QED) is 0.845. The number of carbonyl (C=O) groups excluding carboxylic acids is 1. The van der Waals surface area contributed by atoms with Gasteiger partial charge in [0.2, 0.25) is 5.91 Å². The van der Waals surface area contributed by atoms with Crippen molar-refractivity contribution in [1.82, 2.24) is 19.7 Å². The summed E-state index contributed by atoms with van der Waals surface area (Å²) in [6, 6.07) is 0. The van der Waals surface area contributed by atoms with Gasteiger partial charge in [-0.25, -0.2) is 0 Å². The van der Waals surface area contributed by atoms with E-state index in [2.05, 4.69) is 15.1 Å². The smallest absolute Gasteiger partial charge is 0.225 e. The van der Waals surface area contributed by atoms with Crippen molar-refractivity contribution in [2.75, 3.05) is 13.1 Å². The minimum Gasteiger partial charge on any atom is -0.342 e. The molecule has 1 atom stereocenters. The lowest BCUT2D eigenvalue weighted by Gasteiger charge is -2.34. The highest BCUT2D eigenvalue weighted by atomic mass is 16.2. The van der Waals surface area contributed by atoms with Crippen molar-refractivity contribution in [2.45, 2.75) is 44.9 Å². The molecule has 0 radical (unpaired) electrons. The predicted molar refractivity (Wildman–Crippen MR) is 76.0 cm³/mol. The zero-order valence-corrected chi connectivity index (χ0v) is 12.3. The van der Waals surface area contributed by atoms with Gasteiger partial charge < -0.3 is 9.47 Å². The molecule has 0 bridgehead atoms. The Labute approximate surface area is 120 Å². The standard InChI is InChI=1S/C15H24N4O/c1-18-11-16-17-14(18)9-12-5-4-8-19(10-12)15(20)13-6-2-3-7-13/h11-13H,2-10H2,1H3. The molecule has 1 aromatic heterocycles. The third-order valence-electron chi connectivity index (χ3n) is 4.81. The highest BCUT2D eigenvalue weighted by molar-refractivity contribution is 5.79. The molecule has 2 fully saturated rings. The van der Waals surface area contributed by atoms with Gasteiger partial charge in [-0.3, -0.25) is 4.79 Å². The van der Waals surface area contributed by atoms with E-state index in [0.717, 1.165) is 44.6 Å². The third kappa shape index (κ3) is 2.86. The van der Waals surface area contributed by atoms with Crippen molar-refractivity contribution in [2.24, 2.45) is 18.9 Å². The van der Waals surface area contributed by atoms with Crippen LogP contribution in [0.4, 0.5) is 0 Å². The predicted octanol–water partition coefficient (Wildman–Crippen LogP) is 1.79. The fourth-order valence-electron chi connectivity index (χ4n) is 3.61. The first-order valence-corrected chi connectivity index (χ1v) is 7.85. The van der Waals surface area contributed by atoms with Crippen LogP contribution in [-0.4, -0.2) is 38.7 Å². The molecule has 1 aromatic rings. The van der Waals surface area contributed by atoms with Crippen LogP contribution in [-0.2, 0) is 18.3 Å². The Balaban J connectivity index is 1.58. The highest BCUT2D eigenvalue weighted by Crippen LogP contribution is 2.29. The lowest BCUT2D eigenvalue weighted by molar-refractivity contribution is -0.137. The van der Waals surface area contributed by atoms with Crippen LogP contribution in [0.3, 0.4) is 0 Å². The number of nitrogens with zero attached hydrogens (tertiary/aromatic N) is 4. The fourth-order valence-corrected chi connectivity index (χ4v) is 3.61. The zero-order valence-electron chi connectivity index (χ0n) is 12.3. The van der Waals surface area contributed by atoms with Crippen molar-refractivity contribution in [3.05, 3.63) is 12.2 Å². The lowest BCUT2D eigenvalue weighted by atomic mass is 9.93. The number of aryl methyl sites for hydroxylation is 1. The Morgan fingerprint density at radius 3 is 2.80 bits per heavy atom. The summed E-state index contributed by atoms with van der Waals surface area (Å²) in [7, 11) is 1.99. The Hall–Kier alpha value is -1.39. The van der Waals surface area contributed by atoms with Gasteiger partial charge in [0.1, 0.15) is 12.2 Å². The van der Waals surface area contributed by atoms with E-state index in [9.17, 15) is 4.79 Å². The van der Waals surface area contributed by atoms with Crippen LogP contribution in [0.5, 0.6) is 0 Å². The largest absolute Gasteiger partial charge is 0.342 e. The Kier molecular flexibility index (Phi) is 4.03. The molecule has 5 heteroatoms. The number of piperidine rings is 1. The normalized spacial score (nSPS) is 24.2. The number of aromatic nitrogens is 3. The molecule has 1 aliphatic carbocycles. The molecule has 110 valence electrons. The Morgan fingerprint density at radius 2 is 2.10 bits per heavy atom. The third-order valence-corrected chi connectivity index (χ3v) is 4.81. The van der Waals surface area contributed by atoms with Gasteiger partial charge in [0.05, 0.1) is 0 Å². The van der Waals surface area contributed by atoms with E-state index in [1.165, 1.54) is 19.3 Å². The highest BCUT2D eigenvalue weighted by Gasteiger charge is 2.30. The molecule has 20 heavy (non-hydrogen) atoms. The summed E-state index contributed by atoms with van der Waals surface area (Å²) in [5.41, 5.74) is 0. The van der Waals surface area contributed by atoms with Crippen LogP contribution in [0.15, 0.2) is 6.33 Å². The molecule has 0 N–H and O–H groups in total. The Morgan fingerprint density at radius 1 is 1.30 bits per heavy atom. The molecule has 0 aromatic carbocycles. The summed E-state index contributed by atoms with van der Waals surface area (Å²) < 4.78 is 1.98. The van der Waals surface area contributed by atoms with E-state index in [4.69, 9.17) is 0 Å². The molecule has 1 unspecified atom stereocenters. The molecule has 2 aliphatic rings. The minimum absolute atomic E-state index is 0.309. The molecule has 2 heterocycles. The van der Waals surface area contributed by atoms with E-state index >= 15 is 0 Å². The van der Waals surface area contributed by atoms with Crippen LogP contribution in [0, 0.1) is 11.8 Å². The average molecular weight is 276 g/mol. The van der Waals surface area contributed by atoms with Gasteiger partial charge >= 0.3 is 0 Å². The van der Waals surface area contributed by atoms with Crippen LogP contribution in [0.25, 0.3) is 0 Å². The van der Waals surface area contributed by atoms with Gasteiger partial charge in [-0.1, -0.05) is 12.8 Å². The second-order valence-electron chi connectivity index (χ2n) is 6.34. The SMILES string of the molecule is Cn1cnnc1CC1CCCN(C(=O)C2CCCC2)C1. The molecule has 3 rings (SSSR count). The van der Waals surface area contributed by atoms with Crippen molar-refractivity contribution in [1.29, 1.82) is 0 Å². The minimum atomic E-state index is 0.309. The lowest BCUT2D eigenvalue weighted by Crippen LogP contribution is -2.43. The maximum atomic E-state index is 12.5. The summed E-state index contributed by atoms with van der Waals surface area (Å²) in [6.45, 7) is 1.85. The molecule has 5 nitrogen and oxygen atoms in total. The van der Waals surface area contributed by atoms with Gasteiger partial charge in [0, 0.05) is 32.5 Å². The van der Waals surface area contributed by atoms with E-state index in [1.54, 1.807) is 6.33 Å². The van der Waals surface area contributed by atoms with E-state index < -0.39 is 0 Å². The van der Waals surface area contributed by atoms with Crippen LogP contribution in [0.2, 0.25) is 0 Å². The van der Waals surface area contributed by atoms with Gasteiger partial charge in [-0.15, -0.1) is 10.2 Å². The van der Waals surface area contributed by atoms with Crippen molar-refractivity contribution >= 4 is 5.91 Å². The zero-order chi connectivity index (χ0) is 13.9. The summed E-state index contributed by atoms with van der Waals surface area (Å²) in [5.74, 6) is 2.29. The van der Waals surface area contributed by atoms with Gasteiger partial charge in [-0.05, 0) is 31.6 Å². The first-order chi connectivity index (χ1) is 9.74. The number of hydrogen-bond acceptors (Lipinski definition) is 3. The number of amides is 1. The van der Waals surface area contributed by atoms with Gasteiger partial charge in [0.15, 0.2) is 0 Å². The number of hydrogen-bond donors (Lipinski definition) is 0. The van der Waals surface area contributed by atoms with Crippen LogP contribution >= 0.6 is 0 Å². The van der Waals surface area contributed by atoms with E-state index in [0.29, 0.717) is 17.7 Å². The molecule has 1 saturated heterocycles. The molecule has 1 saturated carbocycles. The first kappa shape index (κ1) is 13.6. The van der Waals surface area contributed by atoms with E-state index in [-0.39, 0.29) is 0 Å². The molecule has 1 amide bonds. The number of likely N-dealkylation sites (tertiary alicyclic amines) is 1. The monoisotopic (exact) mass is 276 g/mol. The summed E-state index contributed by atoms with van der Waals surface area (Å²) in [6.07, 6.45) is 9.67. The molecule has 0 spiro atoms. The summed E-state index contributed by atoms with van der Waals surface area (Å²) in [4.78, 5) is 14.6. The Bertz CT molecular complexity index is 464. The molecular formula is C15H24N4O. The van der Waals surface area contributed by atoms with Gasteiger partial charge in [-0.2, -0.15) is 0 Å². The summed E-state index contributed by atoms with van der Waals surface area (Å²) >= 11 is 0. The van der Waals surface area contributed by atoms with Crippen molar-refractivity contribution < 1.29 is 4.79 Å². The van der Waals surface area contributed by atoms with Crippen molar-refractivity contribution in [3.8, 4) is 0 Å². The van der Waals surface area contributed by atoms with Gasteiger partial charge in [0.25, 0.3) is 0 Å². The van der Waals surface area contributed by atoms with Crippen LogP contribution < -0.4 is 0 Å². The van der Waals surface area contributed by atoms with Crippen molar-refractivity contribution in [3.63, 3.8) is 0 Å². The number of rotatable bonds is 3. The second-order valence-corrected chi connectivity index (χ2v) is 6.34. The maximum Gasteiger partial charge on any atom is 0.225 e. The fraction of sp³-hybridized carbons (Fsp3) is 0.800. The number of carbonyl (C=O) groups is 1.